The van der Waals surface area contributed by atoms with Crippen molar-refractivity contribution in [2.75, 3.05) is 11.9 Å². The van der Waals surface area contributed by atoms with Gasteiger partial charge in [-0.2, -0.15) is 0 Å². The maximum Gasteiger partial charge on any atom is 0.222 e. The number of aromatic nitrogens is 3. The zero-order valence-corrected chi connectivity index (χ0v) is 15.5. The van der Waals surface area contributed by atoms with E-state index in [0.717, 1.165) is 31.7 Å². The third-order valence-electron chi connectivity index (χ3n) is 4.31. The average Bonchev–Trinajstić information content (AvgIpc) is 2.93. The predicted molar refractivity (Wildman–Crippen MR) is 109 cm³/mol. The number of aliphatic hydroxyl groups is 1. The molecular formula is C19H16BBrN4O. The third kappa shape index (κ3) is 3.32. The zero-order chi connectivity index (χ0) is 18.1. The van der Waals surface area contributed by atoms with Crippen LogP contribution in [0.3, 0.4) is 0 Å². The number of halogens is 1. The Balaban J connectivity index is 1.66. The number of aliphatic hydroxyl groups excluding tert-OH is 1. The molecule has 2 N–H and O–H groups in total. The average molecular weight is 407 g/mol. The molecule has 7 heteroatoms. The van der Waals surface area contributed by atoms with E-state index in [2.05, 4.69) is 47.9 Å². The molecule has 0 bridgehead atoms. The van der Waals surface area contributed by atoms with Crippen LogP contribution < -0.4 is 10.8 Å². The Morgan fingerprint density at radius 2 is 1.77 bits per heavy atom. The molecule has 26 heavy (non-hydrogen) atoms. The Kier molecular flexibility index (Phi) is 4.65. The van der Waals surface area contributed by atoms with E-state index in [4.69, 9.17) is 7.85 Å². The second-order valence-electron chi connectivity index (χ2n) is 6.16. The van der Waals surface area contributed by atoms with Gasteiger partial charge in [0.2, 0.25) is 5.95 Å². The van der Waals surface area contributed by atoms with E-state index in [1.54, 1.807) is 18.5 Å². The first-order chi connectivity index (χ1) is 12.6. The van der Waals surface area contributed by atoms with Gasteiger partial charge < -0.3 is 15.0 Å². The summed E-state index contributed by atoms with van der Waals surface area (Å²) in [5.41, 5.74) is 2.83. The Bertz CT molecular complexity index is 1010. The van der Waals surface area contributed by atoms with Crippen molar-refractivity contribution in [3.63, 3.8) is 0 Å². The Hall–Kier alpha value is -2.38. The van der Waals surface area contributed by atoms with Crippen LogP contribution in [0.15, 0.2) is 59.3 Å². The van der Waals surface area contributed by atoms with E-state index < -0.39 is 6.10 Å². The Labute approximate surface area is 160 Å². The highest BCUT2D eigenvalue weighted by Gasteiger charge is 2.14. The molecule has 0 amide bonds. The number of anilines is 1. The highest BCUT2D eigenvalue weighted by atomic mass is 79.9. The van der Waals surface area contributed by atoms with Gasteiger partial charge in [0.15, 0.2) is 0 Å². The molecule has 0 aliphatic heterocycles. The fourth-order valence-corrected chi connectivity index (χ4v) is 3.53. The van der Waals surface area contributed by atoms with Crippen LogP contribution in [-0.2, 0) is 6.54 Å². The van der Waals surface area contributed by atoms with E-state index in [1.165, 1.54) is 0 Å². The largest absolute Gasteiger partial charge is 0.389 e. The molecule has 5 nitrogen and oxygen atoms in total. The second kappa shape index (κ2) is 7.09. The molecule has 1 unspecified atom stereocenters. The van der Waals surface area contributed by atoms with Gasteiger partial charge in [0.1, 0.15) is 7.85 Å². The van der Waals surface area contributed by atoms with Crippen molar-refractivity contribution >= 4 is 57.0 Å². The standard InChI is InChI=1S/C19H16BBrN4O/c20-12-2-4-17-15(8-12)16-9-13(21)3-5-18(16)25(17)11-14(26)10-24-19-22-6-1-7-23-19/h1-9,14,26H,10-11H2,(H,22,23,24). The van der Waals surface area contributed by atoms with Crippen LogP contribution in [0.25, 0.3) is 21.8 Å². The summed E-state index contributed by atoms with van der Waals surface area (Å²) < 4.78 is 3.13. The predicted octanol–water partition coefficient (Wildman–Crippen LogP) is 2.61. The normalized spacial score (nSPS) is 12.5. The fraction of sp³-hybridized carbons (Fsp3) is 0.158. The van der Waals surface area contributed by atoms with Crippen LogP contribution in [0.1, 0.15) is 0 Å². The van der Waals surface area contributed by atoms with Gasteiger partial charge in [0, 0.05) is 45.2 Å². The summed E-state index contributed by atoms with van der Waals surface area (Å²) in [6.45, 7) is 0.808. The van der Waals surface area contributed by atoms with Gasteiger partial charge in [-0.05, 0) is 30.3 Å². The van der Waals surface area contributed by atoms with Crippen molar-refractivity contribution in [1.82, 2.24) is 14.5 Å². The monoisotopic (exact) mass is 406 g/mol. The van der Waals surface area contributed by atoms with Crippen molar-refractivity contribution in [2.24, 2.45) is 0 Å². The van der Waals surface area contributed by atoms with Crippen molar-refractivity contribution in [2.45, 2.75) is 12.6 Å². The zero-order valence-electron chi connectivity index (χ0n) is 13.9. The quantitative estimate of drug-likeness (QED) is 0.500. The van der Waals surface area contributed by atoms with Crippen molar-refractivity contribution in [3.8, 4) is 0 Å². The molecule has 4 aromatic rings. The van der Waals surface area contributed by atoms with Crippen LogP contribution in [0.2, 0.25) is 0 Å². The van der Waals surface area contributed by atoms with E-state index in [1.807, 2.05) is 24.3 Å². The molecule has 128 valence electrons. The van der Waals surface area contributed by atoms with Gasteiger partial charge in [-0.3, -0.25) is 0 Å². The molecule has 0 aliphatic carbocycles. The number of hydrogen-bond donors (Lipinski definition) is 2. The Morgan fingerprint density at radius 1 is 1.08 bits per heavy atom. The molecule has 1 atom stereocenters. The van der Waals surface area contributed by atoms with Crippen LogP contribution in [0.4, 0.5) is 5.95 Å². The molecule has 0 aliphatic rings. The van der Waals surface area contributed by atoms with Crippen LogP contribution in [-0.4, -0.2) is 40.1 Å². The Morgan fingerprint density at radius 3 is 2.54 bits per heavy atom. The van der Waals surface area contributed by atoms with Gasteiger partial charge in [-0.1, -0.05) is 33.5 Å². The molecule has 0 saturated heterocycles. The molecule has 4 rings (SSSR count). The lowest BCUT2D eigenvalue weighted by molar-refractivity contribution is 0.169. The van der Waals surface area contributed by atoms with Crippen molar-refractivity contribution in [3.05, 3.63) is 59.3 Å². The molecule has 2 aromatic carbocycles. The lowest BCUT2D eigenvalue weighted by atomic mass is 9.94. The van der Waals surface area contributed by atoms with E-state index in [9.17, 15) is 5.11 Å². The minimum atomic E-state index is -0.598. The first-order valence-corrected chi connectivity index (χ1v) is 9.07. The molecule has 0 saturated carbocycles. The number of nitrogens with zero attached hydrogens (tertiary/aromatic N) is 3. The molecule has 2 radical (unpaired) electrons. The summed E-state index contributed by atoms with van der Waals surface area (Å²) in [4.78, 5) is 8.22. The number of benzene rings is 2. The van der Waals surface area contributed by atoms with Gasteiger partial charge >= 0.3 is 0 Å². The van der Waals surface area contributed by atoms with E-state index in [0.29, 0.717) is 19.0 Å². The summed E-state index contributed by atoms with van der Waals surface area (Å²) >= 11 is 3.53. The van der Waals surface area contributed by atoms with Crippen molar-refractivity contribution < 1.29 is 5.11 Å². The summed E-state index contributed by atoms with van der Waals surface area (Å²) in [5, 5.41) is 15.8. The van der Waals surface area contributed by atoms with E-state index >= 15 is 0 Å². The van der Waals surface area contributed by atoms with Crippen LogP contribution >= 0.6 is 15.9 Å². The van der Waals surface area contributed by atoms with Gasteiger partial charge in [-0.15, -0.1) is 0 Å². The van der Waals surface area contributed by atoms with Crippen molar-refractivity contribution in [1.29, 1.82) is 0 Å². The summed E-state index contributed by atoms with van der Waals surface area (Å²) in [6, 6.07) is 13.7. The smallest absolute Gasteiger partial charge is 0.222 e. The number of nitrogens with one attached hydrogen (secondary N) is 1. The van der Waals surface area contributed by atoms with Gasteiger partial charge in [0.05, 0.1) is 12.6 Å². The summed E-state index contributed by atoms with van der Waals surface area (Å²) in [6.07, 6.45) is 2.73. The minimum absolute atomic E-state index is 0.358. The third-order valence-corrected chi connectivity index (χ3v) is 4.80. The number of hydrogen-bond acceptors (Lipinski definition) is 4. The number of fused-ring (bicyclic) bond motifs is 3. The second-order valence-corrected chi connectivity index (χ2v) is 7.07. The first kappa shape index (κ1) is 17.1. The highest BCUT2D eigenvalue weighted by molar-refractivity contribution is 9.10. The molecule has 2 aromatic heterocycles. The molecule has 0 spiro atoms. The molecule has 0 fully saturated rings. The van der Waals surface area contributed by atoms with Crippen LogP contribution in [0, 0.1) is 0 Å². The number of rotatable bonds is 5. The van der Waals surface area contributed by atoms with Gasteiger partial charge in [-0.25, -0.2) is 9.97 Å². The maximum atomic E-state index is 10.5. The minimum Gasteiger partial charge on any atom is -0.389 e. The summed E-state index contributed by atoms with van der Waals surface area (Å²) in [5.74, 6) is 0.505. The lowest BCUT2D eigenvalue weighted by Crippen LogP contribution is -2.25. The van der Waals surface area contributed by atoms with Gasteiger partial charge in [0.25, 0.3) is 0 Å². The maximum absolute atomic E-state index is 10.5. The van der Waals surface area contributed by atoms with Crippen LogP contribution in [0.5, 0.6) is 0 Å². The fourth-order valence-electron chi connectivity index (χ4n) is 3.17. The topological polar surface area (TPSA) is 63.0 Å². The lowest BCUT2D eigenvalue weighted by Gasteiger charge is -2.15. The summed E-state index contributed by atoms with van der Waals surface area (Å²) in [7, 11) is 5.98. The molecular weight excluding hydrogens is 391 g/mol. The molecule has 2 heterocycles. The first-order valence-electron chi connectivity index (χ1n) is 8.28. The highest BCUT2D eigenvalue weighted by Crippen LogP contribution is 2.30. The SMILES string of the molecule is [B]c1ccc2c(c1)c1cc(Br)ccc1n2CC(O)CNc1ncccn1. The van der Waals surface area contributed by atoms with E-state index in [-0.39, 0.29) is 0 Å².